The number of carbonyl (C=O) groups is 1. The molecule has 1 aromatic heterocycles. The summed E-state index contributed by atoms with van der Waals surface area (Å²) in [6.45, 7) is 0.856. The van der Waals surface area contributed by atoms with E-state index in [2.05, 4.69) is 4.98 Å². The van der Waals surface area contributed by atoms with Crippen LogP contribution in [-0.2, 0) is 6.42 Å². The number of hydrogen-bond acceptors (Lipinski definition) is 3. The molecule has 5 nitrogen and oxygen atoms in total. The Bertz CT molecular complexity index is 784. The summed E-state index contributed by atoms with van der Waals surface area (Å²) in [5, 5.41) is 9.29. The Morgan fingerprint density at radius 2 is 1.80 bits per heavy atom. The van der Waals surface area contributed by atoms with Crippen molar-refractivity contribution in [3.63, 3.8) is 0 Å². The monoisotopic (exact) mass is 335 g/mol. The second kappa shape index (κ2) is 8.26. The number of rotatable bonds is 7. The number of amides is 1. The largest absolute Gasteiger partial charge is 0.395 e. The molecule has 0 aliphatic rings. The van der Waals surface area contributed by atoms with Gasteiger partial charge < -0.3 is 14.6 Å². The van der Waals surface area contributed by atoms with Crippen molar-refractivity contribution in [2.75, 3.05) is 19.7 Å². The first-order valence-corrected chi connectivity index (χ1v) is 8.30. The molecule has 5 heteroatoms. The highest BCUT2D eigenvalue weighted by molar-refractivity contribution is 5.94. The first kappa shape index (κ1) is 16.9. The third-order valence-corrected chi connectivity index (χ3v) is 4.09. The minimum absolute atomic E-state index is 0.0480. The fraction of sp³-hybridized carbons (Fsp3) is 0.200. The average molecular weight is 335 g/mol. The second-order valence-electron chi connectivity index (χ2n) is 5.77. The highest BCUT2D eigenvalue weighted by Crippen LogP contribution is 2.12. The van der Waals surface area contributed by atoms with Gasteiger partial charge in [-0.05, 0) is 36.2 Å². The van der Waals surface area contributed by atoms with Crippen molar-refractivity contribution < 1.29 is 9.90 Å². The fourth-order valence-corrected chi connectivity index (χ4v) is 2.71. The van der Waals surface area contributed by atoms with E-state index in [1.807, 2.05) is 65.4 Å². The molecule has 0 radical (unpaired) electrons. The molecule has 128 valence electrons. The summed E-state index contributed by atoms with van der Waals surface area (Å²) in [4.78, 5) is 18.5. The van der Waals surface area contributed by atoms with Gasteiger partial charge in [0.25, 0.3) is 5.91 Å². The number of carbonyl (C=O) groups excluding carboxylic acids is 1. The summed E-state index contributed by atoms with van der Waals surface area (Å²) in [6.07, 6.45) is 6.05. The number of aliphatic hydroxyl groups excluding tert-OH is 1. The maximum absolute atomic E-state index is 12.7. The van der Waals surface area contributed by atoms with Crippen LogP contribution in [0.3, 0.4) is 0 Å². The van der Waals surface area contributed by atoms with Gasteiger partial charge in [0, 0.05) is 36.7 Å². The van der Waals surface area contributed by atoms with E-state index >= 15 is 0 Å². The standard InChI is InChI=1S/C20H21N3O2/c24-15-14-22(12-10-17-4-2-1-3-5-17)20(25)18-6-8-19(9-7-18)23-13-11-21-16-23/h1-9,11,13,16,24H,10,12,14-15H2. The molecule has 0 bridgehead atoms. The molecule has 0 saturated heterocycles. The molecule has 1 N–H and O–H groups in total. The Morgan fingerprint density at radius 3 is 2.44 bits per heavy atom. The van der Waals surface area contributed by atoms with Crippen molar-refractivity contribution in [1.82, 2.24) is 14.5 Å². The summed E-state index contributed by atoms with van der Waals surface area (Å²) < 4.78 is 1.88. The number of benzene rings is 2. The smallest absolute Gasteiger partial charge is 0.253 e. The molecule has 1 amide bonds. The third kappa shape index (κ3) is 4.33. The Kier molecular flexibility index (Phi) is 5.59. The van der Waals surface area contributed by atoms with E-state index in [9.17, 15) is 9.90 Å². The Morgan fingerprint density at radius 1 is 1.04 bits per heavy atom. The van der Waals surface area contributed by atoms with Gasteiger partial charge in [0.05, 0.1) is 12.9 Å². The predicted molar refractivity (Wildman–Crippen MR) is 96.7 cm³/mol. The normalized spacial score (nSPS) is 10.6. The van der Waals surface area contributed by atoms with E-state index in [0.29, 0.717) is 18.7 Å². The lowest BCUT2D eigenvalue weighted by Crippen LogP contribution is -2.35. The van der Waals surface area contributed by atoms with E-state index in [1.165, 1.54) is 5.56 Å². The van der Waals surface area contributed by atoms with E-state index in [4.69, 9.17) is 0 Å². The zero-order valence-corrected chi connectivity index (χ0v) is 14.0. The average Bonchev–Trinajstić information content (AvgIpc) is 3.20. The quantitative estimate of drug-likeness (QED) is 0.722. The number of aromatic nitrogens is 2. The topological polar surface area (TPSA) is 58.4 Å². The van der Waals surface area contributed by atoms with E-state index in [0.717, 1.165) is 12.1 Å². The van der Waals surface area contributed by atoms with Gasteiger partial charge >= 0.3 is 0 Å². The van der Waals surface area contributed by atoms with Gasteiger partial charge in [0.1, 0.15) is 0 Å². The lowest BCUT2D eigenvalue weighted by atomic mass is 10.1. The van der Waals surface area contributed by atoms with Crippen molar-refractivity contribution in [3.05, 3.63) is 84.4 Å². The molecule has 0 saturated carbocycles. The van der Waals surface area contributed by atoms with Gasteiger partial charge in [-0.1, -0.05) is 30.3 Å². The van der Waals surface area contributed by atoms with Crippen LogP contribution >= 0.6 is 0 Å². The van der Waals surface area contributed by atoms with E-state index in [-0.39, 0.29) is 12.5 Å². The second-order valence-corrected chi connectivity index (χ2v) is 5.77. The van der Waals surface area contributed by atoms with Gasteiger partial charge in [-0.25, -0.2) is 4.98 Å². The minimum Gasteiger partial charge on any atom is -0.395 e. The molecule has 0 aliphatic heterocycles. The summed E-state index contributed by atoms with van der Waals surface area (Å²) >= 11 is 0. The van der Waals surface area contributed by atoms with Crippen LogP contribution in [0.15, 0.2) is 73.3 Å². The minimum atomic E-state index is -0.0674. The number of imidazole rings is 1. The van der Waals surface area contributed by atoms with E-state index in [1.54, 1.807) is 17.4 Å². The highest BCUT2D eigenvalue weighted by atomic mass is 16.3. The number of aliphatic hydroxyl groups is 1. The molecule has 3 rings (SSSR count). The van der Waals surface area contributed by atoms with Gasteiger partial charge in [0.15, 0.2) is 0 Å². The van der Waals surface area contributed by atoms with Gasteiger partial charge in [-0.15, -0.1) is 0 Å². The molecule has 0 aliphatic carbocycles. The molecule has 2 aromatic carbocycles. The molecule has 3 aromatic rings. The molecule has 1 heterocycles. The summed E-state index contributed by atoms with van der Waals surface area (Å²) in [6, 6.07) is 17.4. The SMILES string of the molecule is O=C(c1ccc(-n2ccnc2)cc1)N(CCO)CCc1ccccc1. The maximum atomic E-state index is 12.7. The lowest BCUT2D eigenvalue weighted by molar-refractivity contribution is 0.0724. The highest BCUT2D eigenvalue weighted by Gasteiger charge is 2.15. The first-order valence-electron chi connectivity index (χ1n) is 8.30. The first-order chi connectivity index (χ1) is 12.3. The molecule has 0 fully saturated rings. The zero-order valence-electron chi connectivity index (χ0n) is 14.0. The van der Waals surface area contributed by atoms with Gasteiger partial charge in [0.2, 0.25) is 0 Å². The fourth-order valence-electron chi connectivity index (χ4n) is 2.71. The van der Waals surface area contributed by atoms with Crippen LogP contribution in [0.4, 0.5) is 0 Å². The Hall–Kier alpha value is -2.92. The molecule has 25 heavy (non-hydrogen) atoms. The Labute approximate surface area is 147 Å². The van der Waals surface area contributed by atoms with Crippen molar-refractivity contribution in [1.29, 1.82) is 0 Å². The van der Waals surface area contributed by atoms with Crippen LogP contribution in [0.25, 0.3) is 5.69 Å². The summed E-state index contributed by atoms with van der Waals surface area (Å²) in [5.74, 6) is -0.0674. The summed E-state index contributed by atoms with van der Waals surface area (Å²) in [7, 11) is 0. The van der Waals surface area contributed by atoms with Crippen LogP contribution in [-0.4, -0.2) is 45.2 Å². The molecule has 0 unspecified atom stereocenters. The molecule has 0 atom stereocenters. The predicted octanol–water partition coefficient (Wildman–Crippen LogP) is 2.55. The lowest BCUT2D eigenvalue weighted by Gasteiger charge is -2.22. The maximum Gasteiger partial charge on any atom is 0.253 e. The van der Waals surface area contributed by atoms with Crippen LogP contribution < -0.4 is 0 Å². The van der Waals surface area contributed by atoms with Crippen molar-refractivity contribution >= 4 is 5.91 Å². The summed E-state index contributed by atoms with van der Waals surface area (Å²) in [5.41, 5.74) is 2.74. The van der Waals surface area contributed by atoms with Crippen LogP contribution in [0.5, 0.6) is 0 Å². The number of hydrogen-bond donors (Lipinski definition) is 1. The van der Waals surface area contributed by atoms with Crippen molar-refractivity contribution in [2.45, 2.75) is 6.42 Å². The van der Waals surface area contributed by atoms with Crippen LogP contribution in [0.1, 0.15) is 15.9 Å². The Balaban J connectivity index is 1.69. The van der Waals surface area contributed by atoms with Crippen molar-refractivity contribution in [2.24, 2.45) is 0 Å². The van der Waals surface area contributed by atoms with Gasteiger partial charge in [-0.3, -0.25) is 4.79 Å². The third-order valence-electron chi connectivity index (χ3n) is 4.09. The molecular formula is C20H21N3O2. The zero-order chi connectivity index (χ0) is 17.5. The van der Waals surface area contributed by atoms with Gasteiger partial charge in [-0.2, -0.15) is 0 Å². The molecule has 0 spiro atoms. The van der Waals surface area contributed by atoms with Crippen molar-refractivity contribution in [3.8, 4) is 5.69 Å². The molecular weight excluding hydrogens is 314 g/mol. The van der Waals surface area contributed by atoms with E-state index < -0.39 is 0 Å². The van der Waals surface area contributed by atoms with Crippen LogP contribution in [0.2, 0.25) is 0 Å². The number of nitrogens with zero attached hydrogens (tertiary/aromatic N) is 3. The van der Waals surface area contributed by atoms with Crippen LogP contribution in [0, 0.1) is 0 Å².